The van der Waals surface area contributed by atoms with E-state index in [-0.39, 0.29) is 0 Å². The minimum atomic E-state index is -0.751. The first kappa shape index (κ1) is 17.2. The lowest BCUT2D eigenvalue weighted by molar-refractivity contribution is -0.0210. The van der Waals surface area contributed by atoms with Crippen LogP contribution >= 0.6 is 0 Å². The largest absolute Gasteiger partial charge is 0.385 e. The van der Waals surface area contributed by atoms with Gasteiger partial charge in [-0.15, -0.1) is 0 Å². The van der Waals surface area contributed by atoms with Gasteiger partial charge in [0, 0.05) is 0 Å². The van der Waals surface area contributed by atoms with Crippen LogP contribution in [-0.4, -0.2) is 5.11 Å². The number of hydrogen-bond acceptors (Lipinski definition) is 1. The molecule has 1 aliphatic rings. The highest BCUT2D eigenvalue weighted by molar-refractivity contribution is 5.68. The van der Waals surface area contributed by atoms with Crippen molar-refractivity contribution in [2.45, 2.75) is 64.4 Å². The van der Waals surface area contributed by atoms with Gasteiger partial charge in [0.2, 0.25) is 0 Å². The Morgan fingerprint density at radius 2 is 1.62 bits per heavy atom. The molecule has 1 unspecified atom stereocenters. The van der Waals surface area contributed by atoms with Crippen LogP contribution in [0.5, 0.6) is 0 Å². The van der Waals surface area contributed by atoms with Crippen molar-refractivity contribution in [2.24, 2.45) is 5.92 Å². The highest BCUT2D eigenvalue weighted by atomic mass is 16.3. The Labute approximate surface area is 146 Å². The summed E-state index contributed by atoms with van der Waals surface area (Å²) in [5.74, 6) is 0.367. The number of hydrogen-bond donors (Lipinski definition) is 1. The van der Waals surface area contributed by atoms with Crippen LogP contribution in [0, 0.1) is 5.92 Å². The molecule has 0 bridgehead atoms. The first-order valence-electron chi connectivity index (χ1n) is 9.54. The van der Waals surface area contributed by atoms with Crippen LogP contribution in [0.4, 0.5) is 0 Å². The van der Waals surface area contributed by atoms with Gasteiger partial charge in [0.25, 0.3) is 0 Å². The Balaban J connectivity index is 1.95. The molecule has 0 aromatic heterocycles. The Morgan fingerprint density at radius 3 is 2.29 bits per heavy atom. The lowest BCUT2D eigenvalue weighted by Gasteiger charge is -2.37. The fourth-order valence-corrected chi connectivity index (χ4v) is 4.20. The summed E-state index contributed by atoms with van der Waals surface area (Å²) >= 11 is 0. The molecular formula is C23H30O. The summed E-state index contributed by atoms with van der Waals surface area (Å²) in [7, 11) is 0. The van der Waals surface area contributed by atoms with Crippen LogP contribution in [0.25, 0.3) is 11.1 Å². The van der Waals surface area contributed by atoms with Crippen molar-refractivity contribution >= 4 is 0 Å². The molecule has 0 radical (unpaired) electrons. The molecule has 2 aromatic rings. The first-order valence-corrected chi connectivity index (χ1v) is 9.54. The Morgan fingerprint density at radius 1 is 0.958 bits per heavy atom. The van der Waals surface area contributed by atoms with E-state index in [9.17, 15) is 5.11 Å². The van der Waals surface area contributed by atoms with Gasteiger partial charge in [-0.3, -0.25) is 0 Å². The van der Waals surface area contributed by atoms with Crippen LogP contribution in [0.1, 0.15) is 63.5 Å². The van der Waals surface area contributed by atoms with Crippen molar-refractivity contribution in [2.75, 3.05) is 0 Å². The maximum absolute atomic E-state index is 11.4. The van der Waals surface area contributed by atoms with E-state index < -0.39 is 5.60 Å². The van der Waals surface area contributed by atoms with Crippen LogP contribution < -0.4 is 0 Å². The molecule has 1 nitrogen and oxygen atoms in total. The summed E-state index contributed by atoms with van der Waals surface area (Å²) in [5, 5.41) is 11.4. The van der Waals surface area contributed by atoms with Gasteiger partial charge in [0.15, 0.2) is 0 Å². The third kappa shape index (κ3) is 3.57. The van der Waals surface area contributed by atoms with Crippen molar-refractivity contribution < 1.29 is 5.11 Å². The predicted molar refractivity (Wildman–Crippen MR) is 102 cm³/mol. The molecule has 0 amide bonds. The molecule has 128 valence electrons. The number of aryl methyl sites for hydroxylation is 1. The third-order valence-electron chi connectivity index (χ3n) is 5.68. The SMILES string of the molecule is CCCc1ccc(-c2ccccc2C(C)(O)C2CCCCC2)cc1. The summed E-state index contributed by atoms with van der Waals surface area (Å²) in [6.45, 7) is 4.23. The quantitative estimate of drug-likeness (QED) is 0.705. The van der Waals surface area contributed by atoms with E-state index in [2.05, 4.69) is 55.5 Å². The molecule has 1 N–H and O–H groups in total. The minimum Gasteiger partial charge on any atom is -0.385 e. The van der Waals surface area contributed by atoms with Gasteiger partial charge >= 0.3 is 0 Å². The van der Waals surface area contributed by atoms with E-state index in [1.807, 2.05) is 6.92 Å². The average Bonchev–Trinajstić information content (AvgIpc) is 2.63. The monoisotopic (exact) mass is 322 g/mol. The standard InChI is InChI=1S/C23H30O/c1-3-9-18-14-16-19(17-15-18)21-12-7-8-13-22(21)23(2,24)20-10-5-4-6-11-20/h7-8,12-17,20,24H,3-6,9-11H2,1-2H3. The zero-order chi connectivity index (χ0) is 17.0. The van der Waals surface area contributed by atoms with Gasteiger partial charge in [-0.2, -0.15) is 0 Å². The van der Waals surface area contributed by atoms with Crippen LogP contribution in [0.15, 0.2) is 48.5 Å². The van der Waals surface area contributed by atoms with Gasteiger partial charge in [0.1, 0.15) is 0 Å². The predicted octanol–water partition coefficient (Wildman–Crippen LogP) is 6.09. The van der Waals surface area contributed by atoms with Crippen molar-refractivity contribution in [3.63, 3.8) is 0 Å². The highest BCUT2D eigenvalue weighted by Crippen LogP contribution is 2.42. The zero-order valence-corrected chi connectivity index (χ0v) is 15.1. The molecule has 1 aliphatic carbocycles. The lowest BCUT2D eigenvalue weighted by atomic mass is 9.73. The van der Waals surface area contributed by atoms with E-state index in [0.717, 1.165) is 24.8 Å². The summed E-state index contributed by atoms with van der Waals surface area (Å²) in [6, 6.07) is 17.3. The molecule has 1 atom stereocenters. The summed E-state index contributed by atoms with van der Waals surface area (Å²) in [6.07, 6.45) is 8.37. The Bertz CT molecular complexity index is 648. The molecule has 0 heterocycles. The van der Waals surface area contributed by atoms with E-state index in [0.29, 0.717) is 5.92 Å². The van der Waals surface area contributed by atoms with Crippen molar-refractivity contribution in [1.82, 2.24) is 0 Å². The smallest absolute Gasteiger partial charge is 0.0902 e. The Kier molecular flexibility index (Phi) is 5.40. The van der Waals surface area contributed by atoms with Crippen molar-refractivity contribution in [1.29, 1.82) is 0 Å². The van der Waals surface area contributed by atoms with E-state index in [1.54, 1.807) is 0 Å². The highest BCUT2D eigenvalue weighted by Gasteiger charge is 2.35. The summed E-state index contributed by atoms with van der Waals surface area (Å²) < 4.78 is 0. The van der Waals surface area contributed by atoms with Crippen LogP contribution in [-0.2, 0) is 12.0 Å². The topological polar surface area (TPSA) is 20.2 Å². The summed E-state index contributed by atoms with van der Waals surface area (Å²) in [5.41, 5.74) is 4.11. The molecule has 3 rings (SSSR count). The van der Waals surface area contributed by atoms with Crippen molar-refractivity contribution in [3.05, 3.63) is 59.7 Å². The minimum absolute atomic E-state index is 0.367. The van der Waals surface area contributed by atoms with Gasteiger partial charge in [-0.1, -0.05) is 81.1 Å². The van der Waals surface area contributed by atoms with Crippen molar-refractivity contribution in [3.8, 4) is 11.1 Å². The average molecular weight is 322 g/mol. The third-order valence-corrected chi connectivity index (χ3v) is 5.68. The molecule has 1 fully saturated rings. The molecule has 24 heavy (non-hydrogen) atoms. The number of rotatable bonds is 5. The fraction of sp³-hybridized carbons (Fsp3) is 0.478. The van der Waals surface area contributed by atoms with Crippen LogP contribution in [0.3, 0.4) is 0 Å². The van der Waals surface area contributed by atoms with Gasteiger partial charge in [-0.25, -0.2) is 0 Å². The summed E-state index contributed by atoms with van der Waals surface area (Å²) in [4.78, 5) is 0. The molecule has 1 saturated carbocycles. The van der Waals surface area contributed by atoms with Gasteiger partial charge < -0.3 is 5.11 Å². The fourth-order valence-electron chi connectivity index (χ4n) is 4.20. The first-order chi connectivity index (χ1) is 11.6. The van der Waals surface area contributed by atoms with E-state index in [1.165, 1.54) is 42.4 Å². The maximum atomic E-state index is 11.4. The van der Waals surface area contributed by atoms with Gasteiger partial charge in [-0.05, 0) is 54.4 Å². The number of benzene rings is 2. The zero-order valence-electron chi connectivity index (χ0n) is 15.1. The molecule has 0 spiro atoms. The molecule has 0 aliphatic heterocycles. The van der Waals surface area contributed by atoms with Gasteiger partial charge in [0.05, 0.1) is 5.60 Å². The normalized spacial score (nSPS) is 18.3. The second kappa shape index (κ2) is 7.53. The Hall–Kier alpha value is -1.60. The molecule has 2 aromatic carbocycles. The van der Waals surface area contributed by atoms with Crippen LogP contribution in [0.2, 0.25) is 0 Å². The van der Waals surface area contributed by atoms with E-state index >= 15 is 0 Å². The lowest BCUT2D eigenvalue weighted by Crippen LogP contribution is -2.33. The maximum Gasteiger partial charge on any atom is 0.0902 e. The van der Waals surface area contributed by atoms with E-state index in [4.69, 9.17) is 0 Å². The molecule has 1 heteroatoms. The number of aliphatic hydroxyl groups is 1. The molecular weight excluding hydrogens is 292 g/mol. The second-order valence-corrected chi connectivity index (χ2v) is 7.47. The molecule has 0 saturated heterocycles. The second-order valence-electron chi connectivity index (χ2n) is 7.47.